The third-order valence-corrected chi connectivity index (χ3v) is 5.59. The van der Waals surface area contributed by atoms with Crippen molar-refractivity contribution in [2.24, 2.45) is 5.92 Å². The molecule has 0 bridgehead atoms. The summed E-state index contributed by atoms with van der Waals surface area (Å²) in [7, 11) is 0.608. The van der Waals surface area contributed by atoms with E-state index in [-0.39, 0.29) is 12.6 Å². The average molecular weight is 367 g/mol. The van der Waals surface area contributed by atoms with Gasteiger partial charge < -0.3 is 4.90 Å². The fraction of sp³-hybridized carbons (Fsp3) is 0.600. The summed E-state index contributed by atoms with van der Waals surface area (Å²) in [6, 6.07) is 5.33. The van der Waals surface area contributed by atoms with Gasteiger partial charge >= 0.3 is 0 Å². The lowest BCUT2D eigenvalue weighted by Crippen LogP contribution is -2.45. The summed E-state index contributed by atoms with van der Waals surface area (Å²) in [5, 5.41) is 0.894. The number of hydrogen-bond acceptors (Lipinski definition) is 3. The van der Waals surface area contributed by atoms with Crippen LogP contribution in [-0.2, 0) is 16.6 Å². The zero-order valence-corrected chi connectivity index (χ0v) is 16.0. The van der Waals surface area contributed by atoms with E-state index in [9.17, 15) is 8.42 Å². The van der Waals surface area contributed by atoms with Crippen LogP contribution in [0.5, 0.6) is 0 Å². The number of halogens is 2. The Hall–Kier alpha value is -0.330. The van der Waals surface area contributed by atoms with Gasteiger partial charge in [0, 0.05) is 19.1 Å². The molecule has 0 aliphatic carbocycles. The smallest absolute Gasteiger partial charge is 0.211 e. The van der Waals surface area contributed by atoms with Crippen molar-refractivity contribution in [3.05, 3.63) is 33.8 Å². The topological polar surface area (TPSA) is 40.6 Å². The highest BCUT2D eigenvalue weighted by molar-refractivity contribution is 7.88. The van der Waals surface area contributed by atoms with Gasteiger partial charge in [0.25, 0.3) is 0 Å². The zero-order valence-electron chi connectivity index (χ0n) is 13.7. The minimum Gasteiger partial charge on any atom is -0.305 e. The maximum absolute atomic E-state index is 12.1. The van der Waals surface area contributed by atoms with Gasteiger partial charge in [0.2, 0.25) is 10.0 Å². The lowest BCUT2D eigenvalue weighted by atomic mass is 10.0. The number of sulfonamides is 1. The molecule has 0 aliphatic heterocycles. The fourth-order valence-electron chi connectivity index (χ4n) is 2.34. The Kier molecular flexibility index (Phi) is 7.15. The molecule has 0 spiro atoms. The van der Waals surface area contributed by atoms with E-state index in [0.717, 1.165) is 5.56 Å². The minimum absolute atomic E-state index is 0.137. The standard InChI is InChI=1S/C15H24Cl2N2O2S/c1-11(2)15(18(3)4)10-19(22(5,20)21)9-12-6-7-13(16)14(17)8-12/h6-8,11,15H,9-10H2,1-5H3/t15-/m1/s1. The number of hydrogen-bond donors (Lipinski definition) is 0. The van der Waals surface area contributed by atoms with E-state index in [1.165, 1.54) is 10.6 Å². The molecule has 7 heteroatoms. The van der Waals surface area contributed by atoms with Crippen LogP contribution in [0.4, 0.5) is 0 Å². The lowest BCUT2D eigenvalue weighted by molar-refractivity contribution is 0.191. The molecule has 0 radical (unpaired) electrons. The maximum Gasteiger partial charge on any atom is 0.211 e. The van der Waals surface area contributed by atoms with E-state index in [1.807, 2.05) is 14.1 Å². The molecule has 0 unspecified atom stereocenters. The molecule has 0 saturated carbocycles. The first-order valence-corrected chi connectivity index (χ1v) is 9.68. The van der Waals surface area contributed by atoms with Gasteiger partial charge in [0.1, 0.15) is 0 Å². The van der Waals surface area contributed by atoms with Crippen molar-refractivity contribution in [2.75, 3.05) is 26.9 Å². The molecule has 0 N–H and O–H groups in total. The summed E-state index contributed by atoms with van der Waals surface area (Å²) in [6.07, 6.45) is 1.23. The highest BCUT2D eigenvalue weighted by Crippen LogP contribution is 2.24. The summed E-state index contributed by atoms with van der Waals surface area (Å²) < 4.78 is 25.7. The predicted octanol–water partition coefficient (Wildman–Crippen LogP) is 3.34. The molecule has 0 fully saturated rings. The van der Waals surface area contributed by atoms with Crippen LogP contribution in [0, 0.1) is 5.92 Å². The Bertz CT molecular complexity index is 596. The van der Waals surface area contributed by atoms with Gasteiger partial charge in [0.05, 0.1) is 16.3 Å². The van der Waals surface area contributed by atoms with Crippen LogP contribution in [0.25, 0.3) is 0 Å². The molecular weight excluding hydrogens is 343 g/mol. The molecule has 1 rings (SSSR count). The van der Waals surface area contributed by atoms with Gasteiger partial charge in [-0.15, -0.1) is 0 Å². The summed E-state index contributed by atoms with van der Waals surface area (Å²) in [5.41, 5.74) is 0.820. The van der Waals surface area contributed by atoms with Crippen molar-refractivity contribution in [3.63, 3.8) is 0 Å². The molecule has 1 atom stereocenters. The van der Waals surface area contributed by atoms with E-state index >= 15 is 0 Å². The van der Waals surface area contributed by atoms with Crippen molar-refractivity contribution in [2.45, 2.75) is 26.4 Å². The van der Waals surface area contributed by atoms with Crippen molar-refractivity contribution < 1.29 is 8.42 Å². The Morgan fingerprint density at radius 1 is 1.14 bits per heavy atom. The second-order valence-corrected chi connectivity index (χ2v) is 8.88. The first-order valence-electron chi connectivity index (χ1n) is 7.08. The van der Waals surface area contributed by atoms with Gasteiger partial charge in [-0.25, -0.2) is 8.42 Å². The Morgan fingerprint density at radius 2 is 1.73 bits per heavy atom. The fourth-order valence-corrected chi connectivity index (χ4v) is 3.47. The maximum atomic E-state index is 12.1. The first-order chi connectivity index (χ1) is 10.0. The lowest BCUT2D eigenvalue weighted by Gasteiger charge is -2.32. The van der Waals surface area contributed by atoms with E-state index in [0.29, 0.717) is 22.5 Å². The summed E-state index contributed by atoms with van der Waals surface area (Å²) in [4.78, 5) is 2.05. The first kappa shape index (κ1) is 19.7. The van der Waals surface area contributed by atoms with Crippen LogP contribution >= 0.6 is 23.2 Å². The van der Waals surface area contributed by atoms with Gasteiger partial charge in [-0.2, -0.15) is 4.31 Å². The van der Waals surface area contributed by atoms with Gasteiger partial charge in [-0.05, 0) is 37.7 Å². The Labute approximate surface area is 144 Å². The van der Waals surface area contributed by atoms with Crippen molar-refractivity contribution in [1.82, 2.24) is 9.21 Å². The molecule has 1 aromatic rings. The molecular formula is C15H24Cl2N2O2S. The summed E-state index contributed by atoms with van der Waals surface area (Å²) >= 11 is 11.9. The SMILES string of the molecule is CC(C)[C@@H](CN(Cc1ccc(Cl)c(Cl)c1)S(C)(=O)=O)N(C)C. The van der Waals surface area contributed by atoms with E-state index < -0.39 is 10.0 Å². The Morgan fingerprint density at radius 3 is 2.14 bits per heavy atom. The third-order valence-electron chi connectivity index (χ3n) is 3.64. The number of rotatable bonds is 7. The zero-order chi connectivity index (χ0) is 17.1. The molecule has 0 aromatic heterocycles. The second kappa shape index (κ2) is 7.97. The van der Waals surface area contributed by atoms with E-state index in [1.54, 1.807) is 18.2 Å². The number of likely N-dealkylation sites (N-methyl/N-ethyl adjacent to an activating group) is 1. The molecule has 0 aliphatic rings. The van der Waals surface area contributed by atoms with Crippen molar-refractivity contribution >= 4 is 33.2 Å². The highest BCUT2D eigenvalue weighted by atomic mass is 35.5. The largest absolute Gasteiger partial charge is 0.305 e. The van der Waals surface area contributed by atoms with E-state index in [2.05, 4.69) is 18.7 Å². The van der Waals surface area contributed by atoms with Gasteiger partial charge in [0.15, 0.2) is 0 Å². The van der Waals surface area contributed by atoms with Crippen LogP contribution in [0.3, 0.4) is 0 Å². The number of benzene rings is 1. The van der Waals surface area contributed by atoms with Gasteiger partial charge in [-0.1, -0.05) is 43.1 Å². The minimum atomic E-state index is -3.32. The molecule has 126 valence electrons. The number of nitrogens with zero attached hydrogens (tertiary/aromatic N) is 2. The predicted molar refractivity (Wildman–Crippen MR) is 94.0 cm³/mol. The normalized spacial score (nSPS) is 14.1. The quantitative estimate of drug-likeness (QED) is 0.742. The monoisotopic (exact) mass is 366 g/mol. The molecule has 22 heavy (non-hydrogen) atoms. The van der Waals surface area contributed by atoms with Crippen LogP contribution in [0.1, 0.15) is 19.4 Å². The molecule has 4 nitrogen and oxygen atoms in total. The third kappa shape index (κ3) is 5.70. The van der Waals surface area contributed by atoms with Crippen LogP contribution in [0.2, 0.25) is 10.0 Å². The highest BCUT2D eigenvalue weighted by Gasteiger charge is 2.25. The van der Waals surface area contributed by atoms with Crippen molar-refractivity contribution in [3.8, 4) is 0 Å². The molecule has 0 saturated heterocycles. The molecule has 1 aromatic carbocycles. The van der Waals surface area contributed by atoms with Crippen LogP contribution < -0.4 is 0 Å². The second-order valence-electron chi connectivity index (χ2n) is 6.08. The van der Waals surface area contributed by atoms with E-state index in [4.69, 9.17) is 23.2 Å². The van der Waals surface area contributed by atoms with Crippen LogP contribution in [0.15, 0.2) is 18.2 Å². The molecule has 0 heterocycles. The Balaban J connectivity index is 3.01. The van der Waals surface area contributed by atoms with Gasteiger partial charge in [-0.3, -0.25) is 0 Å². The summed E-state index contributed by atoms with van der Waals surface area (Å²) in [6.45, 7) is 4.89. The van der Waals surface area contributed by atoms with Crippen LogP contribution in [-0.4, -0.2) is 50.6 Å². The summed E-state index contributed by atoms with van der Waals surface area (Å²) in [5.74, 6) is 0.341. The average Bonchev–Trinajstić information content (AvgIpc) is 2.36. The van der Waals surface area contributed by atoms with Crippen molar-refractivity contribution in [1.29, 1.82) is 0 Å². The molecule has 0 amide bonds.